The molecule has 0 aliphatic heterocycles. The Labute approximate surface area is 147 Å². The van der Waals surface area contributed by atoms with Crippen molar-refractivity contribution < 1.29 is 4.79 Å². The topological polar surface area (TPSA) is 68.0 Å². The molecule has 0 saturated carbocycles. The predicted octanol–water partition coefficient (Wildman–Crippen LogP) is 4.51. The van der Waals surface area contributed by atoms with Crippen LogP contribution < -0.4 is 11.1 Å². The number of benzene rings is 2. The number of amides is 1. The van der Waals surface area contributed by atoms with E-state index in [4.69, 9.17) is 5.73 Å². The van der Waals surface area contributed by atoms with E-state index >= 15 is 0 Å². The fraction of sp³-hybridized carbons (Fsp3) is 0.143. The van der Waals surface area contributed by atoms with Gasteiger partial charge in [-0.05, 0) is 56.2 Å². The zero-order valence-electron chi connectivity index (χ0n) is 14.6. The molecule has 0 unspecified atom stereocenters. The fourth-order valence-electron chi connectivity index (χ4n) is 2.69. The molecular formula is C21H21N3O. The molecule has 126 valence electrons. The lowest BCUT2D eigenvalue weighted by Crippen LogP contribution is -2.13. The van der Waals surface area contributed by atoms with Gasteiger partial charge in [0.25, 0.3) is 5.91 Å². The second kappa shape index (κ2) is 6.77. The molecule has 3 N–H and O–H groups in total. The van der Waals surface area contributed by atoms with E-state index in [0.29, 0.717) is 17.2 Å². The van der Waals surface area contributed by atoms with Gasteiger partial charge >= 0.3 is 0 Å². The Morgan fingerprint density at radius 1 is 0.880 bits per heavy atom. The minimum atomic E-state index is -0.202. The van der Waals surface area contributed by atoms with Crippen LogP contribution >= 0.6 is 0 Å². The second-order valence-corrected chi connectivity index (χ2v) is 6.27. The largest absolute Gasteiger partial charge is 0.383 e. The molecule has 0 radical (unpaired) electrons. The molecule has 1 amide bonds. The second-order valence-electron chi connectivity index (χ2n) is 6.27. The molecule has 3 aromatic rings. The van der Waals surface area contributed by atoms with E-state index in [1.807, 2.05) is 39.0 Å². The summed E-state index contributed by atoms with van der Waals surface area (Å²) in [6.07, 6.45) is 0. The number of carbonyl (C=O) groups excluding carboxylic acids is 1. The van der Waals surface area contributed by atoms with Crippen molar-refractivity contribution in [1.29, 1.82) is 0 Å². The summed E-state index contributed by atoms with van der Waals surface area (Å²) in [7, 11) is 0. The van der Waals surface area contributed by atoms with Gasteiger partial charge in [-0.25, -0.2) is 4.98 Å². The number of rotatable bonds is 3. The maximum Gasteiger partial charge on any atom is 0.256 e. The SMILES string of the molecule is Cc1ccc(C(=O)Nc2ccc(-c3cc(C)ccc3C)c(N)n2)cc1. The molecule has 0 atom stereocenters. The zero-order chi connectivity index (χ0) is 18.0. The minimum absolute atomic E-state index is 0.202. The molecule has 1 heterocycles. The van der Waals surface area contributed by atoms with Crippen LogP contribution in [-0.2, 0) is 0 Å². The van der Waals surface area contributed by atoms with Crippen LogP contribution in [0, 0.1) is 20.8 Å². The third kappa shape index (κ3) is 3.69. The number of carbonyl (C=O) groups is 1. The van der Waals surface area contributed by atoms with E-state index in [-0.39, 0.29) is 5.91 Å². The summed E-state index contributed by atoms with van der Waals surface area (Å²) in [5, 5.41) is 2.79. The maximum atomic E-state index is 12.3. The zero-order valence-corrected chi connectivity index (χ0v) is 14.6. The third-order valence-corrected chi connectivity index (χ3v) is 4.16. The molecule has 0 saturated heterocycles. The van der Waals surface area contributed by atoms with E-state index in [2.05, 4.69) is 28.5 Å². The van der Waals surface area contributed by atoms with Crippen molar-refractivity contribution in [1.82, 2.24) is 4.98 Å². The molecule has 0 aliphatic rings. The summed E-state index contributed by atoms with van der Waals surface area (Å²) in [4.78, 5) is 16.6. The number of nitrogens with zero attached hydrogens (tertiary/aromatic N) is 1. The lowest BCUT2D eigenvalue weighted by atomic mass is 9.99. The minimum Gasteiger partial charge on any atom is -0.383 e. The summed E-state index contributed by atoms with van der Waals surface area (Å²) < 4.78 is 0. The van der Waals surface area contributed by atoms with Gasteiger partial charge in [0, 0.05) is 11.1 Å². The Bertz CT molecular complexity index is 930. The smallest absolute Gasteiger partial charge is 0.256 e. The van der Waals surface area contributed by atoms with Gasteiger partial charge in [0.1, 0.15) is 11.6 Å². The van der Waals surface area contributed by atoms with Gasteiger partial charge < -0.3 is 11.1 Å². The fourth-order valence-corrected chi connectivity index (χ4v) is 2.69. The molecule has 4 nitrogen and oxygen atoms in total. The van der Waals surface area contributed by atoms with Crippen molar-refractivity contribution in [2.24, 2.45) is 0 Å². The lowest BCUT2D eigenvalue weighted by Gasteiger charge is -2.12. The Kier molecular flexibility index (Phi) is 4.52. The first-order chi connectivity index (χ1) is 11.9. The Morgan fingerprint density at radius 3 is 2.24 bits per heavy atom. The normalized spacial score (nSPS) is 10.5. The highest BCUT2D eigenvalue weighted by molar-refractivity contribution is 6.04. The molecule has 25 heavy (non-hydrogen) atoms. The van der Waals surface area contributed by atoms with Gasteiger partial charge in [0.2, 0.25) is 0 Å². The molecule has 0 fully saturated rings. The number of aromatic nitrogens is 1. The summed E-state index contributed by atoms with van der Waals surface area (Å²) in [6.45, 7) is 6.07. The molecule has 3 rings (SSSR count). The quantitative estimate of drug-likeness (QED) is 0.742. The number of anilines is 2. The van der Waals surface area contributed by atoms with Crippen LogP contribution in [-0.4, -0.2) is 10.9 Å². The average Bonchev–Trinajstić information content (AvgIpc) is 2.58. The number of nitrogens with two attached hydrogens (primary N) is 1. The highest BCUT2D eigenvalue weighted by Gasteiger charge is 2.11. The number of aryl methyl sites for hydroxylation is 3. The van der Waals surface area contributed by atoms with Crippen molar-refractivity contribution in [2.45, 2.75) is 20.8 Å². The van der Waals surface area contributed by atoms with Crippen molar-refractivity contribution >= 4 is 17.5 Å². The average molecular weight is 331 g/mol. The first-order valence-electron chi connectivity index (χ1n) is 8.16. The highest BCUT2D eigenvalue weighted by atomic mass is 16.1. The van der Waals surface area contributed by atoms with E-state index < -0.39 is 0 Å². The molecule has 0 spiro atoms. The van der Waals surface area contributed by atoms with Gasteiger partial charge in [-0.2, -0.15) is 0 Å². The number of nitrogens with one attached hydrogen (secondary N) is 1. The monoisotopic (exact) mass is 331 g/mol. The van der Waals surface area contributed by atoms with Crippen molar-refractivity contribution in [3.05, 3.63) is 76.9 Å². The standard InChI is InChI=1S/C21H21N3O/c1-13-5-8-16(9-6-13)21(25)24-19-11-10-17(20(22)23-19)18-12-14(2)4-7-15(18)3/h4-12H,1-3H3,(H3,22,23,24,25). The van der Waals surface area contributed by atoms with Crippen LogP contribution in [0.2, 0.25) is 0 Å². The van der Waals surface area contributed by atoms with E-state index in [0.717, 1.165) is 27.8 Å². The molecular weight excluding hydrogens is 310 g/mol. The first-order valence-corrected chi connectivity index (χ1v) is 8.16. The van der Waals surface area contributed by atoms with E-state index in [9.17, 15) is 4.79 Å². The van der Waals surface area contributed by atoms with E-state index in [1.165, 1.54) is 0 Å². The Morgan fingerprint density at radius 2 is 1.56 bits per heavy atom. The molecule has 0 bridgehead atoms. The third-order valence-electron chi connectivity index (χ3n) is 4.16. The Hall–Kier alpha value is -3.14. The predicted molar refractivity (Wildman–Crippen MR) is 103 cm³/mol. The van der Waals surface area contributed by atoms with Gasteiger partial charge in [-0.15, -0.1) is 0 Å². The van der Waals surface area contributed by atoms with Crippen LogP contribution in [0.3, 0.4) is 0 Å². The number of hydrogen-bond acceptors (Lipinski definition) is 3. The summed E-state index contributed by atoms with van der Waals surface area (Å²) in [6, 6.07) is 17.3. The van der Waals surface area contributed by atoms with Gasteiger partial charge in [-0.1, -0.05) is 41.5 Å². The Balaban J connectivity index is 1.86. The van der Waals surface area contributed by atoms with Gasteiger partial charge in [0.15, 0.2) is 0 Å². The van der Waals surface area contributed by atoms with Crippen LogP contribution in [0.1, 0.15) is 27.0 Å². The van der Waals surface area contributed by atoms with Gasteiger partial charge in [0.05, 0.1) is 0 Å². The number of hydrogen-bond donors (Lipinski definition) is 2. The number of nitrogen functional groups attached to an aromatic ring is 1. The van der Waals surface area contributed by atoms with Gasteiger partial charge in [-0.3, -0.25) is 4.79 Å². The first kappa shape index (κ1) is 16.7. The van der Waals surface area contributed by atoms with Crippen molar-refractivity contribution in [2.75, 3.05) is 11.1 Å². The van der Waals surface area contributed by atoms with Crippen LogP contribution in [0.4, 0.5) is 11.6 Å². The summed E-state index contributed by atoms with van der Waals surface area (Å²) >= 11 is 0. The van der Waals surface area contributed by atoms with Crippen molar-refractivity contribution in [3.63, 3.8) is 0 Å². The van der Waals surface area contributed by atoms with Crippen LogP contribution in [0.5, 0.6) is 0 Å². The van der Waals surface area contributed by atoms with Crippen LogP contribution in [0.15, 0.2) is 54.6 Å². The molecule has 0 aliphatic carbocycles. The maximum absolute atomic E-state index is 12.3. The lowest BCUT2D eigenvalue weighted by molar-refractivity contribution is 0.102. The number of pyridine rings is 1. The van der Waals surface area contributed by atoms with Crippen molar-refractivity contribution in [3.8, 4) is 11.1 Å². The van der Waals surface area contributed by atoms with Crippen LogP contribution in [0.25, 0.3) is 11.1 Å². The molecule has 1 aromatic heterocycles. The molecule has 4 heteroatoms. The van der Waals surface area contributed by atoms with E-state index in [1.54, 1.807) is 18.2 Å². The highest BCUT2D eigenvalue weighted by Crippen LogP contribution is 2.29. The summed E-state index contributed by atoms with van der Waals surface area (Å²) in [5.74, 6) is 0.638. The molecule has 2 aromatic carbocycles. The summed E-state index contributed by atoms with van der Waals surface area (Å²) in [5.41, 5.74) is 12.1.